The van der Waals surface area contributed by atoms with E-state index in [9.17, 15) is 9.90 Å². The highest BCUT2D eigenvalue weighted by Gasteiger charge is 2.16. The van der Waals surface area contributed by atoms with Crippen molar-refractivity contribution >= 4 is 21.8 Å². The number of carbonyl (C=O) groups is 1. The second-order valence-corrected chi connectivity index (χ2v) is 5.46. The maximum Gasteiger partial charge on any atom is 0.254 e. The molecule has 0 aliphatic carbocycles. The Bertz CT molecular complexity index is 568. The molecular weight excluding hydrogens is 322 g/mol. The molecule has 2 unspecified atom stereocenters. The number of rotatable bonds is 5. The van der Waals surface area contributed by atoms with Crippen LogP contribution in [-0.4, -0.2) is 17.1 Å². The molecule has 5 heteroatoms. The standard InChI is InChI=1S/C15H16BrNO3/c1-10(7-13(18)11-5-3-2-4-6-11)17-15(19)12-8-14(16)20-9-12/h2-6,8-10,13,18H,7H2,1H3,(H,17,19). The minimum absolute atomic E-state index is 0.147. The van der Waals surface area contributed by atoms with E-state index in [1.54, 1.807) is 6.07 Å². The van der Waals surface area contributed by atoms with Crippen molar-refractivity contribution in [2.75, 3.05) is 0 Å². The largest absolute Gasteiger partial charge is 0.457 e. The number of benzene rings is 1. The average molecular weight is 338 g/mol. The molecular formula is C15H16BrNO3. The Kier molecular flexibility index (Phi) is 4.98. The summed E-state index contributed by atoms with van der Waals surface area (Å²) in [4.78, 5) is 11.9. The zero-order valence-electron chi connectivity index (χ0n) is 11.0. The fourth-order valence-electron chi connectivity index (χ4n) is 1.94. The molecule has 1 aromatic heterocycles. The molecule has 4 nitrogen and oxygen atoms in total. The summed E-state index contributed by atoms with van der Waals surface area (Å²) in [7, 11) is 0. The van der Waals surface area contributed by atoms with Gasteiger partial charge in [-0.3, -0.25) is 4.79 Å². The molecule has 0 radical (unpaired) electrons. The summed E-state index contributed by atoms with van der Waals surface area (Å²) in [5.74, 6) is -0.216. The lowest BCUT2D eigenvalue weighted by atomic mass is 10.0. The molecule has 2 rings (SSSR count). The van der Waals surface area contributed by atoms with Crippen LogP contribution in [-0.2, 0) is 0 Å². The maximum atomic E-state index is 11.9. The van der Waals surface area contributed by atoms with Gasteiger partial charge >= 0.3 is 0 Å². The normalized spacial score (nSPS) is 13.8. The number of aliphatic hydroxyl groups excluding tert-OH is 1. The fourth-order valence-corrected chi connectivity index (χ4v) is 2.28. The number of amides is 1. The lowest BCUT2D eigenvalue weighted by Crippen LogP contribution is -2.33. The number of hydrogen-bond acceptors (Lipinski definition) is 3. The molecule has 2 aromatic rings. The first-order chi connectivity index (χ1) is 9.56. The molecule has 0 saturated heterocycles. The van der Waals surface area contributed by atoms with E-state index in [0.717, 1.165) is 5.56 Å². The molecule has 20 heavy (non-hydrogen) atoms. The molecule has 1 heterocycles. The molecule has 0 aliphatic heterocycles. The zero-order chi connectivity index (χ0) is 14.5. The second kappa shape index (κ2) is 6.72. The van der Waals surface area contributed by atoms with Crippen LogP contribution in [0.4, 0.5) is 0 Å². The highest BCUT2D eigenvalue weighted by atomic mass is 79.9. The number of aliphatic hydroxyl groups is 1. The van der Waals surface area contributed by atoms with Crippen LogP contribution in [0.5, 0.6) is 0 Å². The summed E-state index contributed by atoms with van der Waals surface area (Å²) in [5, 5.41) is 12.9. The van der Waals surface area contributed by atoms with Crippen molar-refractivity contribution in [3.8, 4) is 0 Å². The summed E-state index contributed by atoms with van der Waals surface area (Å²) >= 11 is 3.15. The van der Waals surface area contributed by atoms with E-state index in [0.29, 0.717) is 16.7 Å². The van der Waals surface area contributed by atoms with Crippen LogP contribution in [0.15, 0.2) is 51.7 Å². The van der Waals surface area contributed by atoms with Crippen molar-refractivity contribution in [1.82, 2.24) is 5.32 Å². The van der Waals surface area contributed by atoms with Gasteiger partial charge < -0.3 is 14.8 Å². The van der Waals surface area contributed by atoms with Crippen LogP contribution in [0.1, 0.15) is 35.4 Å². The number of hydrogen-bond donors (Lipinski definition) is 2. The summed E-state index contributed by atoms with van der Waals surface area (Å²) in [5.41, 5.74) is 1.30. The van der Waals surface area contributed by atoms with E-state index in [1.807, 2.05) is 37.3 Å². The van der Waals surface area contributed by atoms with Gasteiger partial charge in [-0.2, -0.15) is 0 Å². The van der Waals surface area contributed by atoms with Gasteiger partial charge in [0.1, 0.15) is 6.26 Å². The Morgan fingerprint density at radius 2 is 2.10 bits per heavy atom. The van der Waals surface area contributed by atoms with Gasteiger partial charge in [-0.1, -0.05) is 30.3 Å². The molecule has 0 fully saturated rings. The van der Waals surface area contributed by atoms with Gasteiger partial charge in [0.2, 0.25) is 0 Å². The van der Waals surface area contributed by atoms with Crippen LogP contribution in [0.2, 0.25) is 0 Å². The quantitative estimate of drug-likeness (QED) is 0.879. The van der Waals surface area contributed by atoms with E-state index in [4.69, 9.17) is 4.42 Å². The number of carbonyl (C=O) groups excluding carboxylic acids is 1. The van der Waals surface area contributed by atoms with Gasteiger partial charge in [-0.05, 0) is 34.8 Å². The third-order valence-electron chi connectivity index (χ3n) is 2.97. The van der Waals surface area contributed by atoms with Gasteiger partial charge in [0.05, 0.1) is 11.7 Å². The molecule has 2 atom stereocenters. The Morgan fingerprint density at radius 3 is 2.70 bits per heavy atom. The molecule has 106 valence electrons. The first kappa shape index (κ1) is 14.8. The van der Waals surface area contributed by atoms with Crippen LogP contribution < -0.4 is 5.32 Å². The lowest BCUT2D eigenvalue weighted by molar-refractivity contribution is 0.0916. The fraction of sp³-hybridized carbons (Fsp3) is 0.267. The minimum Gasteiger partial charge on any atom is -0.457 e. The maximum absolute atomic E-state index is 11.9. The second-order valence-electron chi connectivity index (χ2n) is 4.68. The number of halogens is 1. The smallest absolute Gasteiger partial charge is 0.254 e. The summed E-state index contributed by atoms with van der Waals surface area (Å²) in [6, 6.07) is 10.9. The van der Waals surface area contributed by atoms with E-state index in [2.05, 4.69) is 21.2 Å². The van der Waals surface area contributed by atoms with E-state index in [1.165, 1.54) is 6.26 Å². The predicted octanol–water partition coefficient (Wildman–Crippen LogP) is 3.28. The topological polar surface area (TPSA) is 62.5 Å². The summed E-state index contributed by atoms with van der Waals surface area (Å²) < 4.78 is 5.54. The molecule has 0 saturated carbocycles. The summed E-state index contributed by atoms with van der Waals surface area (Å²) in [6.45, 7) is 1.86. The monoisotopic (exact) mass is 337 g/mol. The van der Waals surface area contributed by atoms with Crippen molar-refractivity contribution < 1.29 is 14.3 Å². The zero-order valence-corrected chi connectivity index (χ0v) is 12.6. The van der Waals surface area contributed by atoms with Gasteiger partial charge in [0.25, 0.3) is 5.91 Å². The number of furan rings is 1. The van der Waals surface area contributed by atoms with Crippen molar-refractivity contribution in [3.63, 3.8) is 0 Å². The van der Waals surface area contributed by atoms with Gasteiger partial charge in [-0.15, -0.1) is 0 Å². The Labute approximate surface area is 125 Å². The lowest BCUT2D eigenvalue weighted by Gasteiger charge is -2.17. The van der Waals surface area contributed by atoms with Crippen molar-refractivity contribution in [2.45, 2.75) is 25.5 Å². The minimum atomic E-state index is -0.595. The van der Waals surface area contributed by atoms with Crippen LogP contribution in [0.3, 0.4) is 0 Å². The van der Waals surface area contributed by atoms with E-state index >= 15 is 0 Å². The molecule has 2 N–H and O–H groups in total. The van der Waals surface area contributed by atoms with Crippen molar-refractivity contribution in [1.29, 1.82) is 0 Å². The first-order valence-electron chi connectivity index (χ1n) is 6.34. The van der Waals surface area contributed by atoms with Crippen LogP contribution >= 0.6 is 15.9 Å². The molecule has 0 aliphatic rings. The first-order valence-corrected chi connectivity index (χ1v) is 7.13. The Hall–Kier alpha value is -1.59. The molecule has 1 amide bonds. The van der Waals surface area contributed by atoms with E-state index in [-0.39, 0.29) is 11.9 Å². The molecule has 0 bridgehead atoms. The molecule has 0 spiro atoms. The third kappa shape index (κ3) is 3.95. The third-order valence-corrected chi connectivity index (χ3v) is 3.38. The predicted molar refractivity (Wildman–Crippen MR) is 79.4 cm³/mol. The SMILES string of the molecule is CC(CC(O)c1ccccc1)NC(=O)c1coc(Br)c1. The Balaban J connectivity index is 1.89. The van der Waals surface area contributed by atoms with Gasteiger partial charge in [-0.25, -0.2) is 0 Å². The van der Waals surface area contributed by atoms with Crippen LogP contribution in [0, 0.1) is 0 Å². The van der Waals surface area contributed by atoms with Crippen molar-refractivity contribution in [2.24, 2.45) is 0 Å². The Morgan fingerprint density at radius 1 is 1.40 bits per heavy atom. The average Bonchev–Trinajstić information content (AvgIpc) is 2.86. The molecule has 1 aromatic carbocycles. The van der Waals surface area contributed by atoms with Crippen molar-refractivity contribution in [3.05, 3.63) is 58.5 Å². The van der Waals surface area contributed by atoms with Crippen LogP contribution in [0.25, 0.3) is 0 Å². The summed E-state index contributed by atoms with van der Waals surface area (Å²) in [6.07, 6.45) is 1.25. The number of nitrogens with one attached hydrogen (secondary N) is 1. The van der Waals surface area contributed by atoms with Gasteiger partial charge in [0, 0.05) is 12.1 Å². The van der Waals surface area contributed by atoms with E-state index < -0.39 is 6.10 Å². The highest BCUT2D eigenvalue weighted by molar-refractivity contribution is 9.10. The van der Waals surface area contributed by atoms with Gasteiger partial charge in [0.15, 0.2) is 4.67 Å². The highest BCUT2D eigenvalue weighted by Crippen LogP contribution is 2.18.